The number of ether oxygens (including phenoxy) is 1. The number of aromatic nitrogens is 3. The van der Waals surface area contributed by atoms with E-state index in [0.29, 0.717) is 17.5 Å². The first kappa shape index (κ1) is 30.7. The van der Waals surface area contributed by atoms with E-state index in [1.807, 2.05) is 72.0 Å². The minimum absolute atomic E-state index is 0.638. The number of nitrogens with zero attached hydrogens (tertiary/aromatic N) is 3. The Morgan fingerprint density at radius 3 is 1.63 bits per heavy atom. The molecule has 0 saturated heterocycles. The molecule has 10 aromatic rings. The van der Waals surface area contributed by atoms with Gasteiger partial charge in [0.1, 0.15) is 11.5 Å². The lowest BCUT2D eigenvalue weighted by atomic mass is 9.89. The Kier molecular flexibility index (Phi) is 7.00. The molecular weight excluding hydrogens is 679 g/mol. The molecule has 0 unspecified atom stereocenters. The van der Waals surface area contributed by atoms with Crippen LogP contribution in [0.2, 0.25) is 0 Å². The molecule has 3 heterocycles. The second-order valence-electron chi connectivity index (χ2n) is 13.5. The van der Waals surface area contributed by atoms with Crippen molar-refractivity contribution in [2.45, 2.75) is 0 Å². The Hall–Kier alpha value is -6.95. The first-order valence-corrected chi connectivity index (χ1v) is 18.8. The molecular formula is C49H29N3OS. The van der Waals surface area contributed by atoms with Crippen LogP contribution in [0.25, 0.3) is 98.5 Å². The molecule has 0 N–H and O–H groups in total. The van der Waals surface area contributed by atoms with Gasteiger partial charge in [0.25, 0.3) is 0 Å². The van der Waals surface area contributed by atoms with Crippen molar-refractivity contribution >= 4 is 42.3 Å². The molecule has 0 bridgehead atoms. The van der Waals surface area contributed by atoms with Gasteiger partial charge in [0.15, 0.2) is 17.5 Å². The lowest BCUT2D eigenvalue weighted by molar-refractivity contribution is 0.487. The summed E-state index contributed by atoms with van der Waals surface area (Å²) in [6.45, 7) is 0. The van der Waals surface area contributed by atoms with Crippen LogP contribution in [0, 0.1) is 0 Å². The molecule has 0 saturated carbocycles. The van der Waals surface area contributed by atoms with Gasteiger partial charge in [0.2, 0.25) is 0 Å². The van der Waals surface area contributed by atoms with E-state index < -0.39 is 0 Å². The van der Waals surface area contributed by atoms with E-state index >= 15 is 0 Å². The quantitative estimate of drug-likeness (QED) is 0.179. The summed E-state index contributed by atoms with van der Waals surface area (Å²) in [5.74, 6) is 3.69. The summed E-state index contributed by atoms with van der Waals surface area (Å²) in [6, 6.07) is 61.5. The van der Waals surface area contributed by atoms with E-state index in [0.717, 1.165) is 61.2 Å². The number of rotatable bonds is 5. The molecule has 11 rings (SSSR count). The van der Waals surface area contributed by atoms with Crippen LogP contribution in [0.5, 0.6) is 11.5 Å². The summed E-state index contributed by atoms with van der Waals surface area (Å²) in [5, 5.41) is 4.88. The summed E-state index contributed by atoms with van der Waals surface area (Å²) in [6.07, 6.45) is 0. The molecule has 0 atom stereocenters. The van der Waals surface area contributed by atoms with Crippen molar-refractivity contribution in [3.05, 3.63) is 176 Å². The predicted molar refractivity (Wildman–Crippen MR) is 223 cm³/mol. The number of thiophene rings is 1. The Morgan fingerprint density at radius 2 is 0.889 bits per heavy atom. The molecule has 5 heteroatoms. The van der Waals surface area contributed by atoms with Gasteiger partial charge in [0, 0.05) is 47.8 Å². The summed E-state index contributed by atoms with van der Waals surface area (Å²) >= 11 is 1.84. The van der Waals surface area contributed by atoms with Crippen LogP contribution in [0.1, 0.15) is 0 Å². The third kappa shape index (κ3) is 5.01. The molecule has 8 aromatic carbocycles. The maximum Gasteiger partial charge on any atom is 0.164 e. The van der Waals surface area contributed by atoms with Gasteiger partial charge in [-0.1, -0.05) is 146 Å². The van der Waals surface area contributed by atoms with Gasteiger partial charge < -0.3 is 4.74 Å². The summed E-state index contributed by atoms with van der Waals surface area (Å²) in [5.41, 5.74) is 9.75. The number of hydrogen-bond acceptors (Lipinski definition) is 5. The molecule has 0 spiro atoms. The lowest BCUT2D eigenvalue weighted by Crippen LogP contribution is -2.00. The monoisotopic (exact) mass is 707 g/mol. The Balaban J connectivity index is 0.974. The zero-order chi connectivity index (χ0) is 35.6. The van der Waals surface area contributed by atoms with Crippen LogP contribution in [-0.2, 0) is 0 Å². The fraction of sp³-hybridized carbons (Fsp3) is 0. The molecule has 4 nitrogen and oxygen atoms in total. The zero-order valence-electron chi connectivity index (χ0n) is 28.9. The van der Waals surface area contributed by atoms with Crippen molar-refractivity contribution in [3.8, 4) is 79.0 Å². The van der Waals surface area contributed by atoms with Crippen molar-refractivity contribution in [2.24, 2.45) is 0 Å². The summed E-state index contributed by atoms with van der Waals surface area (Å²) in [4.78, 5) is 14.7. The highest BCUT2D eigenvalue weighted by Gasteiger charge is 2.23. The molecule has 0 amide bonds. The lowest BCUT2D eigenvalue weighted by Gasteiger charge is -2.23. The third-order valence-electron chi connectivity index (χ3n) is 10.4. The topological polar surface area (TPSA) is 47.9 Å². The van der Waals surface area contributed by atoms with Crippen LogP contribution in [0.3, 0.4) is 0 Å². The van der Waals surface area contributed by atoms with Crippen LogP contribution >= 0.6 is 11.3 Å². The molecule has 2 aromatic heterocycles. The average Bonchev–Trinajstić information content (AvgIpc) is 3.63. The van der Waals surface area contributed by atoms with Gasteiger partial charge >= 0.3 is 0 Å². The van der Waals surface area contributed by atoms with E-state index in [-0.39, 0.29) is 0 Å². The molecule has 1 aliphatic heterocycles. The number of benzene rings is 8. The first-order valence-electron chi connectivity index (χ1n) is 18.0. The zero-order valence-corrected chi connectivity index (χ0v) is 29.7. The van der Waals surface area contributed by atoms with Crippen LogP contribution in [-0.4, -0.2) is 15.0 Å². The van der Waals surface area contributed by atoms with Gasteiger partial charge in [-0.25, -0.2) is 15.0 Å². The van der Waals surface area contributed by atoms with Crippen LogP contribution in [0.4, 0.5) is 0 Å². The van der Waals surface area contributed by atoms with Crippen molar-refractivity contribution in [1.29, 1.82) is 0 Å². The highest BCUT2D eigenvalue weighted by molar-refractivity contribution is 7.25. The van der Waals surface area contributed by atoms with Crippen LogP contribution in [0.15, 0.2) is 176 Å². The van der Waals surface area contributed by atoms with E-state index in [9.17, 15) is 0 Å². The molecule has 0 aliphatic carbocycles. The average molecular weight is 708 g/mol. The highest BCUT2D eigenvalue weighted by Crippen LogP contribution is 2.50. The third-order valence-corrected chi connectivity index (χ3v) is 11.5. The van der Waals surface area contributed by atoms with Gasteiger partial charge in [0.05, 0.1) is 0 Å². The summed E-state index contributed by atoms with van der Waals surface area (Å²) < 4.78 is 9.34. The fourth-order valence-electron chi connectivity index (χ4n) is 7.80. The normalized spacial score (nSPS) is 11.9. The minimum Gasteiger partial charge on any atom is -0.456 e. The van der Waals surface area contributed by atoms with Gasteiger partial charge in [-0.15, -0.1) is 11.3 Å². The Labute approximate surface area is 315 Å². The van der Waals surface area contributed by atoms with E-state index in [1.165, 1.54) is 31.3 Å². The smallest absolute Gasteiger partial charge is 0.164 e. The predicted octanol–water partition coefficient (Wildman–Crippen LogP) is 13.5. The van der Waals surface area contributed by atoms with Crippen molar-refractivity contribution < 1.29 is 4.74 Å². The van der Waals surface area contributed by atoms with E-state index in [1.54, 1.807) is 0 Å². The van der Waals surface area contributed by atoms with Crippen LogP contribution < -0.4 is 4.74 Å². The fourth-order valence-corrected chi connectivity index (χ4v) is 8.93. The van der Waals surface area contributed by atoms with E-state index in [2.05, 4.69) is 115 Å². The second kappa shape index (κ2) is 12.3. The maximum absolute atomic E-state index is 6.74. The first-order chi connectivity index (χ1) is 26.7. The summed E-state index contributed by atoms with van der Waals surface area (Å²) in [7, 11) is 0. The van der Waals surface area contributed by atoms with E-state index in [4.69, 9.17) is 19.7 Å². The molecule has 0 fully saturated rings. The maximum atomic E-state index is 6.74. The highest BCUT2D eigenvalue weighted by atomic mass is 32.1. The van der Waals surface area contributed by atoms with Gasteiger partial charge in [-0.3, -0.25) is 0 Å². The molecule has 54 heavy (non-hydrogen) atoms. The van der Waals surface area contributed by atoms with Gasteiger partial charge in [-0.2, -0.15) is 0 Å². The second-order valence-corrected chi connectivity index (χ2v) is 14.6. The standard InChI is InChI=1S/C49H29N3OS/c1-3-11-31(12-4-1)47-50-48(32-13-5-2-6-14-32)52-49(51-47)33-23-21-30(22-24-33)35-27-28-41-45-38(35)17-9-18-39(45)37-26-25-34(29-42(37)53-41)36-16-10-20-44-46(36)40-15-7-8-19-43(40)54-44/h1-29H. The minimum atomic E-state index is 0.638. The van der Waals surface area contributed by atoms with Crippen molar-refractivity contribution in [3.63, 3.8) is 0 Å². The largest absolute Gasteiger partial charge is 0.456 e. The SMILES string of the molecule is c1ccc(-c2nc(-c3ccccc3)nc(-c3ccc(-c4ccc5c6c(cccc46)-c4ccc(-c6cccc7sc8ccccc8c67)cc4O5)cc3)n2)cc1. The molecule has 1 aliphatic rings. The number of hydrogen-bond donors (Lipinski definition) is 0. The number of fused-ring (bicyclic) bond motifs is 5. The van der Waals surface area contributed by atoms with Gasteiger partial charge in [-0.05, 0) is 63.5 Å². The molecule has 0 radical (unpaired) electrons. The van der Waals surface area contributed by atoms with Crippen molar-refractivity contribution in [2.75, 3.05) is 0 Å². The Morgan fingerprint density at radius 1 is 0.333 bits per heavy atom. The van der Waals surface area contributed by atoms with Crippen molar-refractivity contribution in [1.82, 2.24) is 15.0 Å². The molecule has 252 valence electrons. The Bertz CT molecular complexity index is 3010.